The van der Waals surface area contributed by atoms with E-state index < -0.39 is 24.1 Å². The van der Waals surface area contributed by atoms with Gasteiger partial charge < -0.3 is 9.31 Å². The van der Waals surface area contributed by atoms with Crippen molar-refractivity contribution in [2.24, 2.45) is 0 Å². The highest BCUT2D eigenvalue weighted by molar-refractivity contribution is 6.62. The first-order chi connectivity index (χ1) is 9.19. The molecule has 8 heteroatoms. The van der Waals surface area contributed by atoms with E-state index >= 15 is 0 Å². The van der Waals surface area contributed by atoms with Gasteiger partial charge in [0.25, 0.3) is 0 Å². The van der Waals surface area contributed by atoms with Crippen molar-refractivity contribution in [2.45, 2.75) is 38.9 Å². The van der Waals surface area contributed by atoms with E-state index in [0.717, 1.165) is 0 Å². The molecule has 1 aliphatic rings. The van der Waals surface area contributed by atoms with Crippen LogP contribution in [0.5, 0.6) is 0 Å². The number of rotatable bonds is 1. The summed E-state index contributed by atoms with van der Waals surface area (Å²) in [6, 6.07) is 1.26. The molecule has 0 bridgehead atoms. The number of hydrogen-bond acceptors (Lipinski definition) is 4. The third-order valence-electron chi connectivity index (χ3n) is 3.93. The lowest BCUT2D eigenvalue weighted by Crippen LogP contribution is -2.41. The van der Waals surface area contributed by atoms with Gasteiger partial charge in [-0.05, 0) is 39.3 Å². The maximum absolute atomic E-state index is 14.2. The Kier molecular flexibility index (Phi) is 2.87. The topological polar surface area (TPSA) is 48.7 Å². The molecule has 0 spiro atoms. The predicted molar refractivity (Wildman–Crippen MR) is 73.7 cm³/mol. The van der Waals surface area contributed by atoms with Gasteiger partial charge in [-0.1, -0.05) is 0 Å². The third kappa shape index (κ3) is 2.01. The van der Waals surface area contributed by atoms with Crippen LogP contribution in [0.3, 0.4) is 0 Å². The Balaban J connectivity index is 2.05. The number of fused-ring (bicyclic) bond motifs is 1. The highest BCUT2D eigenvalue weighted by Gasteiger charge is 2.52. The molecule has 1 aliphatic heterocycles. The fourth-order valence-electron chi connectivity index (χ4n) is 2.04. The minimum atomic E-state index is -0.785. The molecule has 5 nitrogen and oxygen atoms in total. The molecule has 0 unspecified atom stereocenters. The standard InChI is InChI=1S/C12H14BClFN3O2/c1-11(2)12(3,4)20-13(19-11)7-6-18-9(5-8(7)15)16-10(14)17-18/h5-6H,1-4H3. The van der Waals surface area contributed by atoms with E-state index in [-0.39, 0.29) is 10.7 Å². The molecular formula is C12H14BClFN3O2. The number of aromatic nitrogens is 3. The molecule has 3 rings (SSSR count). The normalized spacial score (nSPS) is 20.8. The van der Waals surface area contributed by atoms with Crippen LogP contribution in [0.25, 0.3) is 5.65 Å². The first-order valence-corrected chi connectivity index (χ1v) is 6.64. The van der Waals surface area contributed by atoms with E-state index in [1.54, 1.807) is 0 Å². The molecule has 1 fully saturated rings. The van der Waals surface area contributed by atoms with Gasteiger partial charge in [0, 0.05) is 17.7 Å². The summed E-state index contributed by atoms with van der Waals surface area (Å²) in [5.41, 5.74) is -0.441. The van der Waals surface area contributed by atoms with Crippen molar-refractivity contribution >= 4 is 29.8 Å². The van der Waals surface area contributed by atoms with Crippen molar-refractivity contribution in [2.75, 3.05) is 0 Å². The zero-order chi connectivity index (χ0) is 14.7. The number of nitrogens with zero attached hydrogens (tertiary/aromatic N) is 3. The lowest BCUT2D eigenvalue weighted by Gasteiger charge is -2.32. The SMILES string of the molecule is CC1(C)OB(c2cn3nc(Cl)nc3cc2F)OC1(C)C. The van der Waals surface area contributed by atoms with Gasteiger partial charge in [-0.25, -0.2) is 8.91 Å². The van der Waals surface area contributed by atoms with Crippen LogP contribution in [0.15, 0.2) is 12.3 Å². The largest absolute Gasteiger partial charge is 0.499 e. The van der Waals surface area contributed by atoms with Crippen molar-refractivity contribution in [1.82, 2.24) is 14.6 Å². The molecule has 20 heavy (non-hydrogen) atoms. The van der Waals surface area contributed by atoms with Crippen molar-refractivity contribution < 1.29 is 13.7 Å². The molecule has 2 aromatic heterocycles. The van der Waals surface area contributed by atoms with Crippen LogP contribution in [0.4, 0.5) is 4.39 Å². The third-order valence-corrected chi connectivity index (χ3v) is 4.09. The zero-order valence-corrected chi connectivity index (χ0v) is 12.4. The van der Waals surface area contributed by atoms with Gasteiger partial charge >= 0.3 is 7.12 Å². The summed E-state index contributed by atoms with van der Waals surface area (Å²) >= 11 is 5.71. The lowest BCUT2D eigenvalue weighted by atomic mass is 9.80. The monoisotopic (exact) mass is 297 g/mol. The van der Waals surface area contributed by atoms with Crippen LogP contribution in [-0.4, -0.2) is 32.9 Å². The summed E-state index contributed by atoms with van der Waals surface area (Å²) in [6.45, 7) is 7.65. The van der Waals surface area contributed by atoms with E-state index in [2.05, 4.69) is 10.1 Å². The average molecular weight is 298 g/mol. The second kappa shape index (κ2) is 4.16. The van der Waals surface area contributed by atoms with Crippen LogP contribution in [0.1, 0.15) is 27.7 Å². The zero-order valence-electron chi connectivity index (χ0n) is 11.6. The maximum atomic E-state index is 14.2. The number of pyridine rings is 1. The highest BCUT2D eigenvalue weighted by Crippen LogP contribution is 2.36. The van der Waals surface area contributed by atoms with Crippen molar-refractivity contribution in [3.8, 4) is 0 Å². The van der Waals surface area contributed by atoms with Crippen LogP contribution >= 0.6 is 11.6 Å². The molecular weight excluding hydrogens is 283 g/mol. The van der Waals surface area contributed by atoms with Gasteiger partial charge in [0.15, 0.2) is 5.65 Å². The molecule has 0 aliphatic carbocycles. The Morgan fingerprint density at radius 2 is 1.85 bits per heavy atom. The van der Waals surface area contributed by atoms with Crippen LogP contribution in [0.2, 0.25) is 5.28 Å². The van der Waals surface area contributed by atoms with Crippen LogP contribution in [-0.2, 0) is 9.31 Å². The molecule has 0 aromatic carbocycles. The number of hydrogen-bond donors (Lipinski definition) is 0. The fraction of sp³-hybridized carbons (Fsp3) is 0.500. The molecule has 0 atom stereocenters. The van der Waals surface area contributed by atoms with Crippen molar-refractivity contribution in [3.05, 3.63) is 23.4 Å². The summed E-state index contributed by atoms with van der Waals surface area (Å²) in [6.07, 6.45) is 1.49. The quantitative estimate of drug-likeness (QED) is 0.753. The molecule has 0 amide bonds. The first-order valence-electron chi connectivity index (χ1n) is 6.26. The molecule has 0 saturated carbocycles. The van der Waals surface area contributed by atoms with E-state index in [0.29, 0.717) is 5.65 Å². The van der Waals surface area contributed by atoms with Crippen molar-refractivity contribution in [1.29, 1.82) is 0 Å². The molecule has 106 valence electrons. The van der Waals surface area contributed by atoms with E-state index in [9.17, 15) is 4.39 Å². The van der Waals surface area contributed by atoms with Crippen LogP contribution < -0.4 is 5.46 Å². The minimum absolute atomic E-state index is 0.0652. The van der Waals surface area contributed by atoms with Gasteiger partial charge in [-0.2, -0.15) is 4.98 Å². The smallest absolute Gasteiger partial charge is 0.399 e. The van der Waals surface area contributed by atoms with Crippen LogP contribution in [0, 0.1) is 5.82 Å². The van der Waals surface area contributed by atoms with E-state index in [1.807, 2.05) is 27.7 Å². The van der Waals surface area contributed by atoms with Gasteiger partial charge in [0.2, 0.25) is 5.28 Å². The van der Waals surface area contributed by atoms with Crippen molar-refractivity contribution in [3.63, 3.8) is 0 Å². The molecule has 0 N–H and O–H groups in total. The first kappa shape index (κ1) is 13.8. The predicted octanol–water partition coefficient (Wildman–Crippen LogP) is 1.82. The Hall–Kier alpha value is -1.18. The van der Waals surface area contributed by atoms with E-state index in [1.165, 1.54) is 16.8 Å². The van der Waals surface area contributed by atoms with Gasteiger partial charge in [-0.15, -0.1) is 5.10 Å². The Morgan fingerprint density at radius 1 is 1.25 bits per heavy atom. The van der Waals surface area contributed by atoms with Gasteiger partial charge in [-0.3, -0.25) is 0 Å². The van der Waals surface area contributed by atoms with Gasteiger partial charge in [0.05, 0.1) is 11.2 Å². The van der Waals surface area contributed by atoms with E-state index in [4.69, 9.17) is 20.9 Å². The maximum Gasteiger partial charge on any atom is 0.499 e. The summed E-state index contributed by atoms with van der Waals surface area (Å²) < 4.78 is 27.3. The summed E-state index contributed by atoms with van der Waals surface area (Å²) in [5, 5.41) is 4.02. The molecule has 2 aromatic rings. The Bertz CT molecular complexity index is 673. The Morgan fingerprint density at radius 3 is 2.45 bits per heavy atom. The fourth-order valence-corrected chi connectivity index (χ4v) is 2.20. The molecule has 1 saturated heterocycles. The summed E-state index contributed by atoms with van der Waals surface area (Å²) in [5.74, 6) is -0.458. The summed E-state index contributed by atoms with van der Waals surface area (Å²) in [7, 11) is -0.785. The molecule has 3 heterocycles. The second-order valence-electron chi connectivity index (χ2n) is 5.85. The summed E-state index contributed by atoms with van der Waals surface area (Å²) in [4.78, 5) is 3.89. The number of halogens is 2. The average Bonchev–Trinajstić information content (AvgIpc) is 2.74. The van der Waals surface area contributed by atoms with Gasteiger partial charge in [0.1, 0.15) is 5.82 Å². The Labute approximate surface area is 121 Å². The molecule has 0 radical (unpaired) electrons. The minimum Gasteiger partial charge on any atom is -0.399 e. The second-order valence-corrected chi connectivity index (χ2v) is 6.19. The lowest BCUT2D eigenvalue weighted by molar-refractivity contribution is 0.00578. The highest BCUT2D eigenvalue weighted by atomic mass is 35.5.